The van der Waals surface area contributed by atoms with Crippen molar-refractivity contribution in [2.24, 2.45) is 0 Å². The minimum Gasteiger partial charge on any atom is -0.465 e. The lowest BCUT2D eigenvalue weighted by Crippen LogP contribution is -2.02. The third kappa shape index (κ3) is 2.80. The number of aromatic nitrogens is 1. The Bertz CT molecular complexity index is 919. The lowest BCUT2D eigenvalue weighted by Gasteiger charge is -2.12. The molecule has 0 radical (unpaired) electrons. The number of carbonyl (C=O) groups is 1. The zero-order chi connectivity index (χ0) is 16.6. The Labute approximate surface area is 139 Å². The van der Waals surface area contributed by atoms with Crippen LogP contribution in [0, 0.1) is 13.8 Å². The van der Waals surface area contributed by atoms with Crippen molar-refractivity contribution in [3.63, 3.8) is 0 Å². The van der Waals surface area contributed by atoms with Gasteiger partial charge in [0.25, 0.3) is 0 Å². The van der Waals surface area contributed by atoms with E-state index in [1.807, 2.05) is 44.2 Å². The van der Waals surface area contributed by atoms with Gasteiger partial charge >= 0.3 is 5.97 Å². The van der Waals surface area contributed by atoms with Crippen LogP contribution >= 0.6 is 11.6 Å². The van der Waals surface area contributed by atoms with Gasteiger partial charge in [-0.3, -0.25) is 4.98 Å². The van der Waals surface area contributed by atoms with Crippen molar-refractivity contribution >= 4 is 28.5 Å². The van der Waals surface area contributed by atoms with Crippen LogP contribution in [-0.2, 0) is 4.74 Å². The van der Waals surface area contributed by atoms with Gasteiger partial charge in [0.15, 0.2) is 0 Å². The maximum atomic E-state index is 11.9. The van der Waals surface area contributed by atoms with E-state index in [-0.39, 0.29) is 5.97 Å². The van der Waals surface area contributed by atoms with Crippen molar-refractivity contribution in [1.29, 1.82) is 0 Å². The van der Waals surface area contributed by atoms with Crippen LogP contribution in [0.4, 0.5) is 0 Å². The molecule has 0 saturated carbocycles. The van der Waals surface area contributed by atoms with Gasteiger partial charge in [-0.2, -0.15) is 0 Å². The highest BCUT2D eigenvalue weighted by molar-refractivity contribution is 6.33. The van der Waals surface area contributed by atoms with E-state index in [2.05, 4.69) is 4.98 Å². The quantitative estimate of drug-likeness (QED) is 0.625. The molecule has 0 amide bonds. The van der Waals surface area contributed by atoms with Crippen molar-refractivity contribution in [1.82, 2.24) is 4.98 Å². The van der Waals surface area contributed by atoms with E-state index >= 15 is 0 Å². The summed E-state index contributed by atoms with van der Waals surface area (Å²) in [5.74, 6) is -0.361. The molecule has 1 aromatic heterocycles. The third-order valence-corrected chi connectivity index (χ3v) is 4.18. The van der Waals surface area contributed by atoms with E-state index in [4.69, 9.17) is 16.3 Å². The second-order valence-electron chi connectivity index (χ2n) is 5.52. The first-order valence-electron chi connectivity index (χ1n) is 7.25. The minimum atomic E-state index is -0.361. The van der Waals surface area contributed by atoms with Crippen LogP contribution in [0.2, 0.25) is 5.02 Å². The maximum absolute atomic E-state index is 11.9. The highest BCUT2D eigenvalue weighted by atomic mass is 35.5. The lowest BCUT2D eigenvalue weighted by atomic mass is 9.97. The molecule has 0 aliphatic carbocycles. The molecule has 4 heteroatoms. The van der Waals surface area contributed by atoms with Gasteiger partial charge in [0, 0.05) is 22.2 Å². The molecular weight excluding hydrogens is 310 g/mol. The molecular formula is C19H16ClNO2. The first-order chi connectivity index (χ1) is 11.0. The van der Waals surface area contributed by atoms with Crippen LogP contribution in [0.1, 0.15) is 21.5 Å². The van der Waals surface area contributed by atoms with E-state index in [1.54, 1.807) is 12.3 Å². The molecule has 0 aliphatic rings. The van der Waals surface area contributed by atoms with Gasteiger partial charge in [0.1, 0.15) is 0 Å². The van der Waals surface area contributed by atoms with Crippen LogP contribution in [0.25, 0.3) is 22.0 Å². The molecule has 0 atom stereocenters. The summed E-state index contributed by atoms with van der Waals surface area (Å²) in [7, 11) is 1.38. The van der Waals surface area contributed by atoms with E-state index in [0.29, 0.717) is 10.6 Å². The molecule has 0 spiro atoms. The number of nitrogens with zero attached hydrogens (tertiary/aromatic N) is 1. The highest BCUT2D eigenvalue weighted by Gasteiger charge is 2.14. The fourth-order valence-electron chi connectivity index (χ4n) is 2.74. The number of pyridine rings is 1. The third-order valence-electron chi connectivity index (χ3n) is 3.87. The summed E-state index contributed by atoms with van der Waals surface area (Å²) < 4.78 is 4.84. The van der Waals surface area contributed by atoms with Crippen LogP contribution in [-0.4, -0.2) is 18.1 Å². The molecule has 23 heavy (non-hydrogen) atoms. The van der Waals surface area contributed by atoms with E-state index < -0.39 is 0 Å². The zero-order valence-electron chi connectivity index (χ0n) is 13.2. The Morgan fingerprint density at radius 3 is 2.57 bits per heavy atom. The molecule has 0 saturated heterocycles. The number of benzene rings is 2. The Morgan fingerprint density at radius 2 is 1.87 bits per heavy atom. The summed E-state index contributed by atoms with van der Waals surface area (Å²) in [5.41, 5.74) is 5.26. The molecule has 3 nitrogen and oxygen atoms in total. The number of hydrogen-bond acceptors (Lipinski definition) is 3. The molecule has 0 fully saturated rings. The molecule has 0 aliphatic heterocycles. The summed E-state index contributed by atoms with van der Waals surface area (Å²) in [6.07, 6.45) is 1.76. The Balaban J connectivity index is 2.33. The molecule has 0 N–H and O–H groups in total. The first-order valence-corrected chi connectivity index (χ1v) is 7.63. The lowest BCUT2D eigenvalue weighted by molar-refractivity contribution is 0.0601. The predicted molar refractivity (Wildman–Crippen MR) is 93.0 cm³/mol. The number of methoxy groups -OCH3 is 1. The number of rotatable bonds is 2. The SMILES string of the molecule is COC(=O)c1cc(C)c2nccc(-c3ccc(C)cc3Cl)c2c1. The van der Waals surface area contributed by atoms with Gasteiger partial charge in [-0.1, -0.05) is 23.7 Å². The average Bonchev–Trinajstić information content (AvgIpc) is 2.54. The summed E-state index contributed by atoms with van der Waals surface area (Å²) >= 11 is 6.42. The van der Waals surface area contributed by atoms with E-state index in [9.17, 15) is 4.79 Å². The van der Waals surface area contributed by atoms with Gasteiger partial charge in [-0.15, -0.1) is 0 Å². The van der Waals surface area contributed by atoms with Crippen LogP contribution in [0.5, 0.6) is 0 Å². The summed E-state index contributed by atoms with van der Waals surface area (Å²) in [6, 6.07) is 11.5. The molecule has 0 unspecified atom stereocenters. The molecule has 0 bridgehead atoms. The fraction of sp³-hybridized carbons (Fsp3) is 0.158. The number of halogens is 1. The second-order valence-corrected chi connectivity index (χ2v) is 5.93. The van der Waals surface area contributed by atoms with E-state index in [1.165, 1.54) is 7.11 Å². The molecule has 1 heterocycles. The second kappa shape index (κ2) is 6.01. The molecule has 3 aromatic rings. The monoisotopic (exact) mass is 325 g/mol. The normalized spacial score (nSPS) is 10.8. The summed E-state index contributed by atoms with van der Waals surface area (Å²) in [5, 5.41) is 1.57. The van der Waals surface area contributed by atoms with Crippen molar-refractivity contribution in [2.75, 3.05) is 7.11 Å². The van der Waals surface area contributed by atoms with E-state index in [0.717, 1.165) is 33.2 Å². The zero-order valence-corrected chi connectivity index (χ0v) is 13.9. The Kier molecular flexibility index (Phi) is 4.05. The van der Waals surface area contributed by atoms with Gasteiger partial charge in [-0.25, -0.2) is 4.79 Å². The average molecular weight is 326 g/mol. The number of fused-ring (bicyclic) bond motifs is 1. The fourth-order valence-corrected chi connectivity index (χ4v) is 3.08. The van der Waals surface area contributed by atoms with Crippen LogP contribution in [0.3, 0.4) is 0 Å². The molecule has 2 aromatic carbocycles. The first kappa shape index (κ1) is 15.5. The topological polar surface area (TPSA) is 39.2 Å². The summed E-state index contributed by atoms with van der Waals surface area (Å²) in [6.45, 7) is 3.93. The highest BCUT2D eigenvalue weighted by Crippen LogP contribution is 2.34. The van der Waals surface area contributed by atoms with Gasteiger partial charge in [0.05, 0.1) is 18.2 Å². The maximum Gasteiger partial charge on any atom is 0.337 e. The number of aryl methyl sites for hydroxylation is 2. The number of hydrogen-bond donors (Lipinski definition) is 0. The smallest absolute Gasteiger partial charge is 0.337 e. The Morgan fingerprint density at radius 1 is 1.09 bits per heavy atom. The van der Waals surface area contributed by atoms with Crippen molar-refractivity contribution in [2.45, 2.75) is 13.8 Å². The number of ether oxygens (including phenoxy) is 1. The van der Waals surface area contributed by atoms with Crippen molar-refractivity contribution in [3.8, 4) is 11.1 Å². The molecule has 3 rings (SSSR count). The van der Waals surface area contributed by atoms with Crippen LogP contribution < -0.4 is 0 Å². The minimum absolute atomic E-state index is 0.361. The predicted octanol–water partition coefficient (Wildman–Crippen LogP) is 4.96. The van der Waals surface area contributed by atoms with Gasteiger partial charge in [0.2, 0.25) is 0 Å². The van der Waals surface area contributed by atoms with Crippen LogP contribution in [0.15, 0.2) is 42.6 Å². The summed E-state index contributed by atoms with van der Waals surface area (Å²) in [4.78, 5) is 16.3. The van der Waals surface area contributed by atoms with Crippen molar-refractivity contribution in [3.05, 3.63) is 64.3 Å². The standard InChI is InChI=1S/C19H16ClNO2/c1-11-4-5-15(17(20)8-11)14-6-7-21-18-12(2)9-13(10-16(14)18)19(22)23-3/h4-10H,1-3H3. The number of carbonyl (C=O) groups excluding carboxylic acids is 1. The van der Waals surface area contributed by atoms with Crippen molar-refractivity contribution < 1.29 is 9.53 Å². The van der Waals surface area contributed by atoms with Gasteiger partial charge < -0.3 is 4.74 Å². The number of esters is 1. The van der Waals surface area contributed by atoms with Gasteiger partial charge in [-0.05, 0) is 54.8 Å². The Hall–Kier alpha value is -2.39. The largest absolute Gasteiger partial charge is 0.465 e. The molecule has 116 valence electrons.